The van der Waals surface area contributed by atoms with Crippen LogP contribution >= 0.6 is 0 Å². The van der Waals surface area contributed by atoms with Gasteiger partial charge in [0.25, 0.3) is 5.91 Å². The molecule has 1 aliphatic carbocycles. The Kier molecular flexibility index (Phi) is 3.79. The molecule has 1 unspecified atom stereocenters. The average molecular weight is 296 g/mol. The number of rotatable bonds is 4. The molecule has 1 aromatic heterocycles. The summed E-state index contributed by atoms with van der Waals surface area (Å²) >= 11 is 0. The van der Waals surface area contributed by atoms with Gasteiger partial charge in [0.15, 0.2) is 0 Å². The average Bonchev–Trinajstić information content (AvgIpc) is 3.31. The number of nitrogens with one attached hydrogen (secondary N) is 1. The van der Waals surface area contributed by atoms with Crippen LogP contribution in [0.1, 0.15) is 58.9 Å². The van der Waals surface area contributed by atoms with Crippen LogP contribution < -0.4 is 11.1 Å². The highest BCUT2D eigenvalue weighted by atomic mass is 16.1. The van der Waals surface area contributed by atoms with Gasteiger partial charge in [0.05, 0.1) is 17.3 Å². The molecule has 5 heteroatoms. The minimum absolute atomic E-state index is 0.0665. The summed E-state index contributed by atoms with van der Waals surface area (Å²) < 4.78 is 0. The number of anilines is 1. The Bertz CT molecular complexity index is 710. The van der Waals surface area contributed by atoms with Crippen LogP contribution in [0.15, 0.2) is 30.5 Å². The molecule has 22 heavy (non-hydrogen) atoms. The number of hydrogen-bond acceptors (Lipinski definition) is 4. The molecule has 0 saturated heterocycles. The Hall–Kier alpha value is -2.43. The molecule has 0 radical (unpaired) electrons. The summed E-state index contributed by atoms with van der Waals surface area (Å²) in [6, 6.07) is 8.39. The molecule has 3 N–H and O–H groups in total. The topological polar surface area (TPSA) is 80.9 Å². The first-order chi connectivity index (χ1) is 10.5. The first kappa shape index (κ1) is 14.5. The lowest BCUT2D eigenvalue weighted by Crippen LogP contribution is -2.27. The van der Waals surface area contributed by atoms with Crippen molar-refractivity contribution in [3.63, 3.8) is 0 Å². The fourth-order valence-electron chi connectivity index (χ4n) is 2.56. The van der Waals surface area contributed by atoms with E-state index in [0.717, 1.165) is 5.56 Å². The smallest absolute Gasteiger partial charge is 0.255 e. The summed E-state index contributed by atoms with van der Waals surface area (Å²) in [5, 5.41) is 3.00. The number of amides is 1. The van der Waals surface area contributed by atoms with Crippen molar-refractivity contribution in [1.29, 1.82) is 0 Å². The van der Waals surface area contributed by atoms with E-state index in [-0.39, 0.29) is 17.9 Å². The van der Waals surface area contributed by atoms with Crippen LogP contribution in [0.3, 0.4) is 0 Å². The Labute approximate surface area is 130 Å². The van der Waals surface area contributed by atoms with E-state index in [1.165, 1.54) is 24.6 Å². The van der Waals surface area contributed by atoms with E-state index < -0.39 is 0 Å². The maximum Gasteiger partial charge on any atom is 0.255 e. The molecule has 2 aromatic rings. The molecular weight excluding hydrogens is 276 g/mol. The zero-order valence-corrected chi connectivity index (χ0v) is 12.8. The molecule has 1 saturated carbocycles. The van der Waals surface area contributed by atoms with E-state index in [2.05, 4.69) is 33.5 Å². The van der Waals surface area contributed by atoms with Gasteiger partial charge in [-0.05, 0) is 43.7 Å². The van der Waals surface area contributed by atoms with Crippen molar-refractivity contribution in [2.24, 2.45) is 0 Å². The minimum atomic E-state index is -0.179. The lowest BCUT2D eigenvalue weighted by atomic mass is 10.0. The van der Waals surface area contributed by atoms with Crippen LogP contribution in [-0.2, 0) is 0 Å². The number of carbonyl (C=O) groups is 1. The van der Waals surface area contributed by atoms with Gasteiger partial charge in [0.1, 0.15) is 0 Å². The molecule has 1 atom stereocenters. The second-order valence-corrected chi connectivity index (χ2v) is 5.87. The van der Waals surface area contributed by atoms with Gasteiger partial charge in [-0.15, -0.1) is 0 Å². The Morgan fingerprint density at radius 3 is 2.86 bits per heavy atom. The van der Waals surface area contributed by atoms with Crippen molar-refractivity contribution in [3.8, 4) is 0 Å². The van der Waals surface area contributed by atoms with E-state index in [1.54, 1.807) is 6.92 Å². The fraction of sp³-hybridized carbons (Fsp3) is 0.353. The van der Waals surface area contributed by atoms with Gasteiger partial charge in [0.2, 0.25) is 5.95 Å². The molecule has 1 aromatic carbocycles. The minimum Gasteiger partial charge on any atom is -0.368 e. The molecule has 0 spiro atoms. The van der Waals surface area contributed by atoms with Crippen LogP contribution in [0.2, 0.25) is 0 Å². The van der Waals surface area contributed by atoms with E-state index >= 15 is 0 Å². The lowest BCUT2D eigenvalue weighted by molar-refractivity contribution is 0.0938. The molecule has 3 rings (SSSR count). The highest BCUT2D eigenvalue weighted by molar-refractivity contribution is 5.95. The molecule has 114 valence electrons. The summed E-state index contributed by atoms with van der Waals surface area (Å²) in [6.07, 6.45) is 4.01. The van der Waals surface area contributed by atoms with Gasteiger partial charge in [-0.3, -0.25) is 4.79 Å². The summed E-state index contributed by atoms with van der Waals surface area (Å²) in [5.41, 5.74) is 9.05. The third-order valence-corrected chi connectivity index (χ3v) is 4.05. The van der Waals surface area contributed by atoms with Crippen molar-refractivity contribution in [1.82, 2.24) is 15.3 Å². The first-order valence-electron chi connectivity index (χ1n) is 7.54. The molecule has 1 heterocycles. The molecular formula is C17H20N4O. The molecule has 0 bridgehead atoms. The van der Waals surface area contributed by atoms with Crippen LogP contribution in [0.25, 0.3) is 0 Å². The quantitative estimate of drug-likeness (QED) is 0.909. The Morgan fingerprint density at radius 1 is 1.41 bits per heavy atom. The Balaban J connectivity index is 1.74. The van der Waals surface area contributed by atoms with Crippen molar-refractivity contribution in [3.05, 3.63) is 52.8 Å². The van der Waals surface area contributed by atoms with E-state index in [0.29, 0.717) is 17.2 Å². The van der Waals surface area contributed by atoms with Crippen molar-refractivity contribution < 1.29 is 4.79 Å². The summed E-state index contributed by atoms with van der Waals surface area (Å²) in [5.74, 6) is 0.705. The number of nitrogen functional groups attached to an aromatic ring is 1. The van der Waals surface area contributed by atoms with Gasteiger partial charge in [0, 0.05) is 6.20 Å². The van der Waals surface area contributed by atoms with Gasteiger partial charge >= 0.3 is 0 Å². The van der Waals surface area contributed by atoms with Crippen LogP contribution in [0.5, 0.6) is 0 Å². The molecule has 1 aliphatic rings. The van der Waals surface area contributed by atoms with E-state index in [1.807, 2.05) is 13.0 Å². The predicted molar refractivity (Wildman–Crippen MR) is 85.5 cm³/mol. The third kappa shape index (κ3) is 3.08. The molecule has 1 fully saturated rings. The van der Waals surface area contributed by atoms with Gasteiger partial charge in [-0.1, -0.05) is 24.3 Å². The van der Waals surface area contributed by atoms with Gasteiger partial charge in [-0.2, -0.15) is 0 Å². The number of benzene rings is 1. The largest absolute Gasteiger partial charge is 0.368 e. The number of nitrogens with two attached hydrogens (primary N) is 1. The summed E-state index contributed by atoms with van der Waals surface area (Å²) in [7, 11) is 0. The predicted octanol–water partition coefficient (Wildman–Crippen LogP) is 2.74. The second kappa shape index (κ2) is 5.75. The zero-order valence-electron chi connectivity index (χ0n) is 12.8. The SMILES string of the molecule is Cc1nc(N)ncc1C(=O)NC(C)c1cccc(C2CC2)c1. The highest BCUT2D eigenvalue weighted by Gasteiger charge is 2.24. The monoisotopic (exact) mass is 296 g/mol. The second-order valence-electron chi connectivity index (χ2n) is 5.87. The standard InChI is InChI=1S/C17H20N4O/c1-10(13-4-3-5-14(8-13)12-6-7-12)20-16(22)15-9-19-17(18)21-11(15)2/h3-5,8-10,12H,6-7H2,1-2H3,(H,20,22)(H2,18,19,21). The lowest BCUT2D eigenvalue weighted by Gasteiger charge is -2.16. The third-order valence-electron chi connectivity index (χ3n) is 4.05. The molecule has 1 amide bonds. The van der Waals surface area contributed by atoms with Gasteiger partial charge in [-0.25, -0.2) is 9.97 Å². The fourth-order valence-corrected chi connectivity index (χ4v) is 2.56. The van der Waals surface area contributed by atoms with E-state index in [4.69, 9.17) is 5.73 Å². The van der Waals surface area contributed by atoms with Crippen LogP contribution in [0, 0.1) is 6.92 Å². The number of nitrogens with zero attached hydrogens (tertiary/aromatic N) is 2. The normalized spacial score (nSPS) is 15.4. The van der Waals surface area contributed by atoms with Crippen LogP contribution in [-0.4, -0.2) is 15.9 Å². The Morgan fingerprint density at radius 2 is 2.18 bits per heavy atom. The van der Waals surface area contributed by atoms with Crippen LogP contribution in [0.4, 0.5) is 5.95 Å². The molecule has 5 nitrogen and oxygen atoms in total. The van der Waals surface area contributed by atoms with E-state index in [9.17, 15) is 4.79 Å². The maximum atomic E-state index is 12.4. The van der Waals surface area contributed by atoms with Crippen molar-refractivity contribution in [2.45, 2.75) is 38.6 Å². The number of hydrogen-bond donors (Lipinski definition) is 2. The van der Waals surface area contributed by atoms with Crippen molar-refractivity contribution >= 4 is 11.9 Å². The first-order valence-corrected chi connectivity index (χ1v) is 7.54. The summed E-state index contributed by atoms with van der Waals surface area (Å²) in [4.78, 5) is 20.3. The number of carbonyl (C=O) groups excluding carboxylic acids is 1. The number of aryl methyl sites for hydroxylation is 1. The summed E-state index contributed by atoms with van der Waals surface area (Å²) in [6.45, 7) is 3.74. The number of aromatic nitrogens is 2. The maximum absolute atomic E-state index is 12.4. The molecule has 0 aliphatic heterocycles. The van der Waals surface area contributed by atoms with Gasteiger partial charge < -0.3 is 11.1 Å². The zero-order chi connectivity index (χ0) is 15.7. The van der Waals surface area contributed by atoms with Crippen molar-refractivity contribution in [2.75, 3.05) is 5.73 Å². The highest BCUT2D eigenvalue weighted by Crippen LogP contribution is 2.40.